The molecule has 0 saturated heterocycles. The summed E-state index contributed by atoms with van der Waals surface area (Å²) in [4.78, 5) is 25.3. The van der Waals surface area contributed by atoms with Crippen molar-refractivity contribution in [2.75, 3.05) is 31.5 Å². The summed E-state index contributed by atoms with van der Waals surface area (Å²) in [6.07, 6.45) is 0.318. The van der Waals surface area contributed by atoms with Gasteiger partial charge >= 0.3 is 0 Å². The molecule has 2 amide bonds. The number of anilines is 1. The second kappa shape index (κ2) is 9.37. The predicted octanol–water partition coefficient (Wildman–Crippen LogP) is 2.13. The van der Waals surface area contributed by atoms with Crippen molar-refractivity contribution in [3.63, 3.8) is 0 Å². The van der Waals surface area contributed by atoms with E-state index in [1.165, 1.54) is 0 Å². The van der Waals surface area contributed by atoms with Gasteiger partial charge in [0.2, 0.25) is 11.8 Å². The molecule has 0 saturated carbocycles. The van der Waals surface area contributed by atoms with Crippen molar-refractivity contribution in [1.29, 1.82) is 0 Å². The molecule has 5 nitrogen and oxygen atoms in total. The molecule has 0 spiro atoms. The van der Waals surface area contributed by atoms with E-state index in [-0.39, 0.29) is 11.8 Å². The first kappa shape index (κ1) is 17.5. The average Bonchev–Trinajstić information content (AvgIpc) is 2.46. The summed E-state index contributed by atoms with van der Waals surface area (Å²) >= 11 is 5.98. The van der Waals surface area contributed by atoms with Crippen molar-refractivity contribution < 1.29 is 9.59 Å². The van der Waals surface area contributed by atoms with E-state index < -0.39 is 0 Å². The van der Waals surface area contributed by atoms with Crippen LogP contribution in [0.5, 0.6) is 0 Å². The van der Waals surface area contributed by atoms with Gasteiger partial charge in [0.15, 0.2) is 0 Å². The standard InChI is InChI=1S/C15H22ClN3O2/c1-3-17-15(21)11-19(4-2)10-9-14(20)18-13-8-6-5-7-12(13)16/h5-8H,3-4,9-11H2,1-2H3,(H,17,21)(H,18,20). The summed E-state index contributed by atoms with van der Waals surface area (Å²) in [5.74, 6) is -0.136. The molecule has 0 atom stereocenters. The Balaban J connectivity index is 2.40. The molecule has 1 aromatic rings. The van der Waals surface area contributed by atoms with Crippen molar-refractivity contribution in [1.82, 2.24) is 10.2 Å². The van der Waals surface area contributed by atoms with Gasteiger partial charge in [-0.05, 0) is 25.6 Å². The van der Waals surface area contributed by atoms with Gasteiger partial charge in [-0.15, -0.1) is 0 Å². The molecule has 0 heterocycles. The first-order chi connectivity index (χ1) is 10.1. The molecule has 116 valence electrons. The number of hydrogen-bond donors (Lipinski definition) is 2. The normalized spacial score (nSPS) is 10.5. The van der Waals surface area contributed by atoms with Crippen molar-refractivity contribution >= 4 is 29.1 Å². The molecular formula is C15H22ClN3O2. The van der Waals surface area contributed by atoms with Crippen LogP contribution in [-0.2, 0) is 9.59 Å². The van der Waals surface area contributed by atoms with E-state index in [0.717, 1.165) is 6.54 Å². The second-order valence-electron chi connectivity index (χ2n) is 4.60. The zero-order valence-corrected chi connectivity index (χ0v) is 13.2. The Hall–Kier alpha value is -1.59. The number of nitrogens with zero attached hydrogens (tertiary/aromatic N) is 1. The quantitative estimate of drug-likeness (QED) is 0.773. The molecular weight excluding hydrogens is 290 g/mol. The Morgan fingerprint density at radius 2 is 1.90 bits per heavy atom. The fourth-order valence-electron chi connectivity index (χ4n) is 1.84. The topological polar surface area (TPSA) is 61.4 Å². The highest BCUT2D eigenvalue weighted by molar-refractivity contribution is 6.33. The maximum atomic E-state index is 11.9. The maximum Gasteiger partial charge on any atom is 0.234 e. The molecule has 0 aliphatic rings. The second-order valence-corrected chi connectivity index (χ2v) is 5.01. The number of nitrogens with one attached hydrogen (secondary N) is 2. The van der Waals surface area contributed by atoms with Gasteiger partial charge in [0.05, 0.1) is 17.3 Å². The molecule has 21 heavy (non-hydrogen) atoms. The number of carbonyl (C=O) groups is 2. The van der Waals surface area contributed by atoms with Gasteiger partial charge in [-0.3, -0.25) is 14.5 Å². The predicted molar refractivity (Wildman–Crippen MR) is 85.5 cm³/mol. The third kappa shape index (κ3) is 6.60. The summed E-state index contributed by atoms with van der Waals surface area (Å²) in [7, 11) is 0. The van der Waals surface area contributed by atoms with E-state index in [1.807, 2.05) is 30.9 Å². The minimum atomic E-state index is -0.113. The molecule has 0 bridgehead atoms. The minimum absolute atomic E-state index is 0.0224. The Bertz CT molecular complexity index is 480. The Kier molecular flexibility index (Phi) is 7.79. The van der Waals surface area contributed by atoms with Crippen LogP contribution in [0.3, 0.4) is 0 Å². The average molecular weight is 312 g/mol. The summed E-state index contributed by atoms with van der Waals surface area (Å²) in [5, 5.41) is 6.03. The van der Waals surface area contributed by atoms with Gasteiger partial charge in [-0.2, -0.15) is 0 Å². The van der Waals surface area contributed by atoms with E-state index in [9.17, 15) is 9.59 Å². The molecule has 2 N–H and O–H groups in total. The molecule has 0 unspecified atom stereocenters. The van der Waals surface area contributed by atoms with Crippen molar-refractivity contribution in [3.8, 4) is 0 Å². The van der Waals surface area contributed by atoms with Gasteiger partial charge < -0.3 is 10.6 Å². The number of amides is 2. The number of hydrogen-bond acceptors (Lipinski definition) is 3. The van der Waals surface area contributed by atoms with E-state index in [2.05, 4.69) is 10.6 Å². The molecule has 0 aromatic heterocycles. The third-order valence-corrected chi connectivity index (χ3v) is 3.32. The van der Waals surface area contributed by atoms with Gasteiger partial charge in [-0.1, -0.05) is 30.7 Å². The lowest BCUT2D eigenvalue weighted by Gasteiger charge is -2.19. The Morgan fingerprint density at radius 3 is 2.52 bits per heavy atom. The fraction of sp³-hybridized carbons (Fsp3) is 0.467. The van der Waals surface area contributed by atoms with E-state index >= 15 is 0 Å². The monoisotopic (exact) mass is 311 g/mol. The highest BCUT2D eigenvalue weighted by Gasteiger charge is 2.11. The lowest BCUT2D eigenvalue weighted by atomic mass is 10.3. The number of likely N-dealkylation sites (N-methyl/N-ethyl adjacent to an activating group) is 2. The third-order valence-electron chi connectivity index (χ3n) is 2.99. The number of para-hydroxylation sites is 1. The van der Waals surface area contributed by atoms with Gasteiger partial charge in [-0.25, -0.2) is 0 Å². The fourth-order valence-corrected chi connectivity index (χ4v) is 2.02. The minimum Gasteiger partial charge on any atom is -0.355 e. The van der Waals surface area contributed by atoms with Crippen LogP contribution in [-0.4, -0.2) is 42.9 Å². The Morgan fingerprint density at radius 1 is 1.19 bits per heavy atom. The van der Waals surface area contributed by atoms with E-state index in [4.69, 9.17) is 11.6 Å². The molecule has 1 rings (SSSR count). The van der Waals surface area contributed by atoms with Crippen LogP contribution in [0.15, 0.2) is 24.3 Å². The van der Waals surface area contributed by atoms with Gasteiger partial charge in [0, 0.05) is 19.5 Å². The van der Waals surface area contributed by atoms with Crippen LogP contribution in [0.2, 0.25) is 5.02 Å². The van der Waals surface area contributed by atoms with Crippen molar-refractivity contribution in [2.24, 2.45) is 0 Å². The summed E-state index contributed by atoms with van der Waals surface area (Å²) in [6.45, 7) is 6.02. The van der Waals surface area contributed by atoms with Crippen LogP contribution in [0, 0.1) is 0 Å². The summed E-state index contributed by atoms with van der Waals surface area (Å²) in [6, 6.07) is 7.11. The number of rotatable bonds is 8. The molecule has 0 aliphatic heterocycles. The largest absolute Gasteiger partial charge is 0.355 e. The van der Waals surface area contributed by atoms with Crippen molar-refractivity contribution in [2.45, 2.75) is 20.3 Å². The SMILES string of the molecule is CCNC(=O)CN(CC)CCC(=O)Nc1ccccc1Cl. The number of benzene rings is 1. The molecule has 0 aliphatic carbocycles. The van der Waals surface area contributed by atoms with Crippen LogP contribution >= 0.6 is 11.6 Å². The van der Waals surface area contributed by atoms with Crippen LogP contribution in [0.4, 0.5) is 5.69 Å². The highest BCUT2D eigenvalue weighted by atomic mass is 35.5. The van der Waals surface area contributed by atoms with Crippen LogP contribution in [0.25, 0.3) is 0 Å². The van der Waals surface area contributed by atoms with Gasteiger partial charge in [0.1, 0.15) is 0 Å². The molecule has 0 radical (unpaired) electrons. The Labute approximate surface area is 130 Å². The highest BCUT2D eigenvalue weighted by Crippen LogP contribution is 2.20. The smallest absolute Gasteiger partial charge is 0.234 e. The maximum absolute atomic E-state index is 11.9. The summed E-state index contributed by atoms with van der Waals surface area (Å²) < 4.78 is 0. The van der Waals surface area contributed by atoms with Crippen molar-refractivity contribution in [3.05, 3.63) is 29.3 Å². The molecule has 0 fully saturated rings. The number of carbonyl (C=O) groups excluding carboxylic acids is 2. The van der Waals surface area contributed by atoms with Crippen LogP contribution in [0.1, 0.15) is 20.3 Å². The lowest BCUT2D eigenvalue weighted by Crippen LogP contribution is -2.38. The molecule has 6 heteroatoms. The first-order valence-corrected chi connectivity index (χ1v) is 7.48. The number of halogens is 1. The van der Waals surface area contributed by atoms with Gasteiger partial charge in [0.25, 0.3) is 0 Å². The zero-order chi connectivity index (χ0) is 15.7. The first-order valence-electron chi connectivity index (χ1n) is 7.10. The van der Waals surface area contributed by atoms with Crippen LogP contribution < -0.4 is 10.6 Å². The van der Waals surface area contributed by atoms with E-state index in [0.29, 0.717) is 36.8 Å². The zero-order valence-electron chi connectivity index (χ0n) is 12.5. The molecule has 1 aromatic carbocycles. The van der Waals surface area contributed by atoms with E-state index in [1.54, 1.807) is 12.1 Å². The summed E-state index contributed by atoms with van der Waals surface area (Å²) in [5.41, 5.74) is 0.607. The lowest BCUT2D eigenvalue weighted by molar-refractivity contribution is -0.123.